The van der Waals surface area contributed by atoms with Crippen molar-refractivity contribution in [1.82, 2.24) is 10.2 Å². The predicted octanol–water partition coefficient (Wildman–Crippen LogP) is 2.30. The van der Waals surface area contributed by atoms with Crippen LogP contribution in [0.5, 0.6) is 0 Å². The first-order chi connectivity index (χ1) is 9.78. The van der Waals surface area contributed by atoms with E-state index in [1.54, 1.807) is 0 Å². The Labute approximate surface area is 129 Å². The first kappa shape index (κ1) is 15.9. The number of hydrogen-bond donors (Lipinski definition) is 2. The molecule has 0 aliphatic carbocycles. The van der Waals surface area contributed by atoms with Crippen molar-refractivity contribution in [3.8, 4) is 0 Å². The minimum absolute atomic E-state index is 0.0341. The van der Waals surface area contributed by atoms with Gasteiger partial charge in [-0.2, -0.15) is 0 Å². The summed E-state index contributed by atoms with van der Waals surface area (Å²) in [5.74, 6) is -0.756. The maximum Gasteiger partial charge on any atom is 0.345 e. The minimum atomic E-state index is -3.84. The number of rotatable bonds is 6. The van der Waals surface area contributed by atoms with Crippen molar-refractivity contribution in [2.45, 2.75) is 25.2 Å². The maximum absolute atomic E-state index is 12.1. The average Bonchev–Trinajstić information content (AvgIpc) is 2.97. The Hall–Kier alpha value is -1.52. The lowest BCUT2D eigenvalue weighted by molar-refractivity contribution is 0.0702. The standard InChI is InChI=1S/C11H13N3O4S3/c1-6(2)3-9-12-13-11(20-9)14-21(17,18)7-4-8(10(15)16)19-5-7/h4-6H,3H2,1-2H3,(H,13,14)(H,15,16). The van der Waals surface area contributed by atoms with E-state index in [0.717, 1.165) is 28.8 Å². The zero-order chi connectivity index (χ0) is 15.6. The van der Waals surface area contributed by atoms with E-state index in [2.05, 4.69) is 14.9 Å². The van der Waals surface area contributed by atoms with Crippen LogP contribution in [0, 0.1) is 5.92 Å². The van der Waals surface area contributed by atoms with Crippen LogP contribution in [0.25, 0.3) is 0 Å². The van der Waals surface area contributed by atoms with E-state index >= 15 is 0 Å². The van der Waals surface area contributed by atoms with Gasteiger partial charge in [0.05, 0.1) is 4.90 Å². The smallest absolute Gasteiger partial charge is 0.345 e. The molecule has 0 aliphatic rings. The summed E-state index contributed by atoms with van der Waals surface area (Å²) < 4.78 is 26.5. The van der Waals surface area contributed by atoms with Crippen LogP contribution in [0.15, 0.2) is 16.3 Å². The molecule has 2 aromatic heterocycles. The van der Waals surface area contributed by atoms with Gasteiger partial charge >= 0.3 is 5.97 Å². The summed E-state index contributed by atoms with van der Waals surface area (Å²) in [6.45, 7) is 4.06. The van der Waals surface area contributed by atoms with Crippen LogP contribution in [0.1, 0.15) is 28.5 Å². The third kappa shape index (κ3) is 3.99. The number of nitrogens with zero attached hydrogens (tertiary/aromatic N) is 2. The Balaban J connectivity index is 2.16. The molecule has 0 fully saturated rings. The zero-order valence-corrected chi connectivity index (χ0v) is 13.7. The fourth-order valence-corrected chi connectivity index (χ4v) is 4.77. The molecule has 2 heterocycles. The molecular weight excluding hydrogens is 334 g/mol. The molecular formula is C11H13N3O4S3. The van der Waals surface area contributed by atoms with Crippen molar-refractivity contribution in [3.05, 3.63) is 21.3 Å². The van der Waals surface area contributed by atoms with Gasteiger partial charge < -0.3 is 5.11 Å². The molecule has 0 saturated heterocycles. The lowest BCUT2D eigenvalue weighted by atomic mass is 10.1. The molecule has 114 valence electrons. The topological polar surface area (TPSA) is 109 Å². The van der Waals surface area contributed by atoms with Gasteiger partial charge in [0.2, 0.25) is 5.13 Å². The van der Waals surface area contributed by atoms with Gasteiger partial charge in [-0.15, -0.1) is 21.5 Å². The SMILES string of the molecule is CC(C)Cc1nnc(NS(=O)(=O)c2csc(C(=O)O)c2)s1. The van der Waals surface area contributed by atoms with E-state index in [9.17, 15) is 13.2 Å². The molecule has 7 nitrogen and oxygen atoms in total. The molecule has 0 unspecified atom stereocenters. The van der Waals surface area contributed by atoms with E-state index < -0.39 is 16.0 Å². The monoisotopic (exact) mass is 347 g/mol. The van der Waals surface area contributed by atoms with Crippen molar-refractivity contribution in [2.75, 3.05) is 4.72 Å². The van der Waals surface area contributed by atoms with Crippen LogP contribution in [-0.2, 0) is 16.4 Å². The highest BCUT2D eigenvalue weighted by Gasteiger charge is 2.20. The summed E-state index contributed by atoms with van der Waals surface area (Å²) in [7, 11) is -3.84. The van der Waals surface area contributed by atoms with Gasteiger partial charge in [0.15, 0.2) is 0 Å². The van der Waals surface area contributed by atoms with E-state index in [4.69, 9.17) is 5.11 Å². The molecule has 0 aromatic carbocycles. The Morgan fingerprint density at radius 3 is 2.71 bits per heavy atom. The summed E-state index contributed by atoms with van der Waals surface area (Å²) in [5.41, 5.74) is 0. The molecule has 10 heteroatoms. The second-order valence-electron chi connectivity index (χ2n) is 4.66. The Bertz CT molecular complexity index is 748. The molecule has 0 amide bonds. The van der Waals surface area contributed by atoms with E-state index in [0.29, 0.717) is 5.92 Å². The highest BCUT2D eigenvalue weighted by atomic mass is 32.2. The summed E-state index contributed by atoms with van der Waals surface area (Å²) in [6.07, 6.45) is 0.723. The van der Waals surface area contributed by atoms with Crippen LogP contribution in [0.3, 0.4) is 0 Å². The predicted molar refractivity (Wildman–Crippen MR) is 80.5 cm³/mol. The van der Waals surface area contributed by atoms with Gasteiger partial charge in [-0.25, -0.2) is 13.2 Å². The average molecular weight is 347 g/mol. The van der Waals surface area contributed by atoms with Crippen molar-refractivity contribution in [1.29, 1.82) is 0 Å². The van der Waals surface area contributed by atoms with Crippen LogP contribution in [0.2, 0.25) is 0 Å². The molecule has 2 rings (SSSR count). The Morgan fingerprint density at radius 2 is 2.14 bits per heavy atom. The highest BCUT2D eigenvalue weighted by Crippen LogP contribution is 2.24. The number of carboxylic acids is 1. The zero-order valence-electron chi connectivity index (χ0n) is 11.2. The molecule has 0 radical (unpaired) electrons. The van der Waals surface area contributed by atoms with Crippen LogP contribution in [-0.4, -0.2) is 29.7 Å². The first-order valence-corrected chi connectivity index (χ1v) is 9.13. The lowest BCUT2D eigenvalue weighted by Crippen LogP contribution is -2.12. The summed E-state index contributed by atoms with van der Waals surface area (Å²) in [5, 5.41) is 18.7. The molecule has 0 aliphatic heterocycles. The number of aromatic carboxylic acids is 1. The van der Waals surface area contributed by atoms with Gasteiger partial charge in [0, 0.05) is 11.8 Å². The van der Waals surface area contributed by atoms with Gasteiger partial charge in [-0.1, -0.05) is 25.2 Å². The lowest BCUT2D eigenvalue weighted by Gasteiger charge is -2.01. The second kappa shape index (κ2) is 6.08. The molecule has 21 heavy (non-hydrogen) atoms. The highest BCUT2D eigenvalue weighted by molar-refractivity contribution is 7.93. The summed E-state index contributed by atoms with van der Waals surface area (Å²) >= 11 is 2.03. The number of sulfonamides is 1. The van der Waals surface area contributed by atoms with Crippen molar-refractivity contribution in [3.63, 3.8) is 0 Å². The maximum atomic E-state index is 12.1. The van der Waals surface area contributed by atoms with Crippen molar-refractivity contribution >= 4 is 43.8 Å². The minimum Gasteiger partial charge on any atom is -0.477 e. The molecule has 0 saturated carbocycles. The van der Waals surface area contributed by atoms with Gasteiger partial charge in [-0.05, 0) is 12.0 Å². The third-order valence-electron chi connectivity index (χ3n) is 2.37. The van der Waals surface area contributed by atoms with Crippen LogP contribution < -0.4 is 4.72 Å². The normalized spacial score (nSPS) is 11.8. The van der Waals surface area contributed by atoms with Gasteiger partial charge in [0.1, 0.15) is 9.88 Å². The van der Waals surface area contributed by atoms with Crippen molar-refractivity contribution in [2.24, 2.45) is 5.92 Å². The number of nitrogens with one attached hydrogen (secondary N) is 1. The second-order valence-corrected chi connectivity index (χ2v) is 8.31. The first-order valence-electron chi connectivity index (χ1n) is 5.95. The molecule has 0 spiro atoms. The largest absolute Gasteiger partial charge is 0.477 e. The number of carbonyl (C=O) groups is 1. The van der Waals surface area contributed by atoms with E-state index in [1.165, 1.54) is 16.7 Å². The number of aromatic nitrogens is 2. The number of anilines is 1. The van der Waals surface area contributed by atoms with Crippen LogP contribution in [0.4, 0.5) is 5.13 Å². The number of thiophene rings is 1. The van der Waals surface area contributed by atoms with E-state index in [1.807, 2.05) is 13.8 Å². The fraction of sp³-hybridized carbons (Fsp3) is 0.364. The summed E-state index contributed by atoms with van der Waals surface area (Å²) in [4.78, 5) is 10.7. The number of hydrogen-bond acceptors (Lipinski definition) is 7. The Morgan fingerprint density at radius 1 is 1.43 bits per heavy atom. The quantitative estimate of drug-likeness (QED) is 0.830. The molecule has 0 atom stereocenters. The van der Waals surface area contributed by atoms with Crippen molar-refractivity contribution < 1.29 is 18.3 Å². The third-order valence-corrected chi connectivity index (χ3v) is 5.74. The van der Waals surface area contributed by atoms with Gasteiger partial charge in [0.25, 0.3) is 10.0 Å². The number of carboxylic acid groups (broad SMARTS) is 1. The molecule has 2 N–H and O–H groups in total. The molecule has 2 aromatic rings. The van der Waals surface area contributed by atoms with Crippen LogP contribution >= 0.6 is 22.7 Å². The Kier molecular flexibility index (Phi) is 4.59. The van der Waals surface area contributed by atoms with Gasteiger partial charge in [-0.3, -0.25) is 4.72 Å². The summed E-state index contributed by atoms with van der Waals surface area (Å²) in [6, 6.07) is 1.12. The molecule has 0 bridgehead atoms. The van der Waals surface area contributed by atoms with E-state index in [-0.39, 0.29) is 14.9 Å². The fourth-order valence-electron chi connectivity index (χ4n) is 1.47.